The first-order chi connectivity index (χ1) is 17.2. The minimum absolute atomic E-state index is 0.0410. The van der Waals surface area contributed by atoms with Crippen LogP contribution in [0.2, 0.25) is 0 Å². The lowest BCUT2D eigenvalue weighted by Crippen LogP contribution is -2.35. The van der Waals surface area contributed by atoms with Gasteiger partial charge in [0.15, 0.2) is 0 Å². The number of oxazole rings is 1. The lowest BCUT2D eigenvalue weighted by molar-refractivity contribution is -0.674. The van der Waals surface area contributed by atoms with E-state index in [0.717, 1.165) is 57.8 Å². The Kier molecular flexibility index (Phi) is 5.53. The van der Waals surface area contributed by atoms with Gasteiger partial charge in [0, 0.05) is 24.9 Å². The Morgan fingerprint density at radius 3 is 2.83 bits per heavy atom. The first-order valence-corrected chi connectivity index (χ1v) is 13.1. The van der Waals surface area contributed by atoms with Gasteiger partial charge >= 0.3 is 5.89 Å². The maximum atomic E-state index is 13.2. The molecule has 35 heavy (non-hydrogen) atoms. The van der Waals surface area contributed by atoms with E-state index in [2.05, 4.69) is 58.9 Å². The van der Waals surface area contributed by atoms with Crippen molar-refractivity contribution >= 4 is 46.4 Å². The van der Waals surface area contributed by atoms with Gasteiger partial charge in [-0.3, -0.25) is 9.36 Å². The maximum absolute atomic E-state index is 13.2. The van der Waals surface area contributed by atoms with Crippen LogP contribution in [0.5, 0.6) is 0 Å². The summed E-state index contributed by atoms with van der Waals surface area (Å²) in [7, 11) is 0. The highest BCUT2D eigenvalue weighted by Crippen LogP contribution is 2.37. The largest absolute Gasteiger partial charge is 0.398 e. The normalized spacial score (nSPS) is 17.1. The molecule has 0 atom stereocenters. The van der Waals surface area contributed by atoms with Crippen LogP contribution in [-0.4, -0.2) is 11.1 Å². The molecule has 2 aromatic heterocycles. The number of fused-ring (bicyclic) bond motifs is 1. The summed E-state index contributed by atoms with van der Waals surface area (Å²) in [6, 6.07) is 14.6. The SMILES string of the molecule is CCn1c(=O)/c(=C/C=C2\C=Cc3cccc4c3N2CCC4)s/c1=C\c1oc2ccccc2[n+]1CC. The van der Waals surface area contributed by atoms with Gasteiger partial charge in [0.2, 0.25) is 5.58 Å². The zero-order chi connectivity index (χ0) is 23.9. The Balaban J connectivity index is 1.45. The second kappa shape index (κ2) is 8.86. The van der Waals surface area contributed by atoms with Crippen molar-refractivity contribution in [1.82, 2.24) is 4.57 Å². The third-order valence-electron chi connectivity index (χ3n) is 6.85. The molecule has 176 valence electrons. The second-order valence-corrected chi connectivity index (χ2v) is 9.91. The fourth-order valence-electron chi connectivity index (χ4n) is 5.19. The highest BCUT2D eigenvalue weighted by Gasteiger charge is 2.23. The summed E-state index contributed by atoms with van der Waals surface area (Å²) in [5.41, 5.74) is 7.08. The van der Waals surface area contributed by atoms with Crippen LogP contribution in [0.25, 0.3) is 29.3 Å². The molecule has 0 amide bonds. The van der Waals surface area contributed by atoms with E-state index in [1.807, 2.05) is 41.8 Å². The van der Waals surface area contributed by atoms with Crippen molar-refractivity contribution in [3.63, 3.8) is 0 Å². The van der Waals surface area contributed by atoms with Gasteiger partial charge in [-0.15, -0.1) is 11.3 Å². The summed E-state index contributed by atoms with van der Waals surface area (Å²) < 4.78 is 11.7. The molecular weight excluding hydrogens is 454 g/mol. The molecule has 0 fully saturated rings. The van der Waals surface area contributed by atoms with Gasteiger partial charge in [0.25, 0.3) is 11.1 Å². The van der Waals surface area contributed by atoms with Gasteiger partial charge in [-0.2, -0.15) is 4.57 Å². The Bertz CT molecular complexity index is 1680. The molecule has 0 radical (unpaired) electrons. The molecule has 5 nitrogen and oxygen atoms in total. The molecule has 6 rings (SSSR count). The number of benzene rings is 2. The number of hydrogen-bond donors (Lipinski definition) is 0. The van der Waals surface area contributed by atoms with E-state index in [1.54, 1.807) is 0 Å². The van der Waals surface area contributed by atoms with E-state index in [9.17, 15) is 4.79 Å². The Hall–Kier alpha value is -3.64. The number of para-hydroxylation sites is 3. The van der Waals surface area contributed by atoms with Crippen LogP contribution in [0.4, 0.5) is 5.69 Å². The smallest absolute Gasteiger partial charge is 0.377 e. The second-order valence-electron chi connectivity index (χ2n) is 8.85. The minimum Gasteiger partial charge on any atom is -0.398 e. The van der Waals surface area contributed by atoms with Crippen LogP contribution in [0, 0.1) is 0 Å². The number of aryl methyl sites for hydroxylation is 2. The van der Waals surface area contributed by atoms with Gasteiger partial charge in [-0.25, -0.2) is 0 Å². The van der Waals surface area contributed by atoms with E-state index < -0.39 is 0 Å². The summed E-state index contributed by atoms with van der Waals surface area (Å²) in [6.45, 7) is 6.52. The molecule has 2 aliphatic rings. The quantitative estimate of drug-likeness (QED) is 0.414. The van der Waals surface area contributed by atoms with Crippen LogP contribution in [-0.2, 0) is 19.5 Å². The number of rotatable bonds is 4. The number of aromatic nitrogens is 2. The zero-order valence-corrected chi connectivity index (χ0v) is 20.8. The monoisotopic (exact) mass is 482 g/mol. The molecule has 0 saturated carbocycles. The van der Waals surface area contributed by atoms with Crippen LogP contribution >= 0.6 is 11.3 Å². The number of thiazole rings is 1. The van der Waals surface area contributed by atoms with Crippen LogP contribution < -0.4 is 24.2 Å². The molecule has 4 heterocycles. The van der Waals surface area contributed by atoms with Gasteiger partial charge < -0.3 is 9.32 Å². The van der Waals surface area contributed by atoms with Gasteiger partial charge in [-0.1, -0.05) is 36.4 Å². The van der Waals surface area contributed by atoms with E-state index in [-0.39, 0.29) is 5.56 Å². The van der Waals surface area contributed by atoms with Crippen molar-refractivity contribution in [3.8, 4) is 0 Å². The van der Waals surface area contributed by atoms with Crippen molar-refractivity contribution in [2.24, 2.45) is 0 Å². The molecule has 0 N–H and O–H groups in total. The third kappa shape index (κ3) is 3.69. The summed E-state index contributed by atoms with van der Waals surface area (Å²) in [6.07, 6.45) is 12.7. The van der Waals surface area contributed by atoms with Crippen LogP contribution in [0.1, 0.15) is 37.3 Å². The molecular formula is C29H28N3O2S+. The molecule has 6 heteroatoms. The topological polar surface area (TPSA) is 42.3 Å². The lowest BCUT2D eigenvalue weighted by Gasteiger charge is -2.35. The molecule has 2 aliphatic heterocycles. The number of anilines is 1. The molecule has 0 spiro atoms. The van der Waals surface area contributed by atoms with Gasteiger partial charge in [0.1, 0.15) is 11.2 Å². The average molecular weight is 483 g/mol. The third-order valence-corrected chi connectivity index (χ3v) is 7.93. The number of hydrogen-bond acceptors (Lipinski definition) is 4. The zero-order valence-electron chi connectivity index (χ0n) is 20.0. The molecule has 0 saturated heterocycles. The van der Waals surface area contributed by atoms with Crippen molar-refractivity contribution < 1.29 is 8.98 Å². The summed E-state index contributed by atoms with van der Waals surface area (Å²) in [4.78, 5) is 15.6. The van der Waals surface area contributed by atoms with Crippen molar-refractivity contribution in [2.75, 3.05) is 11.4 Å². The van der Waals surface area contributed by atoms with Crippen LogP contribution in [0.15, 0.2) is 69.5 Å². The molecule has 0 aliphatic carbocycles. The first kappa shape index (κ1) is 21.9. The predicted molar refractivity (Wildman–Crippen MR) is 143 cm³/mol. The van der Waals surface area contributed by atoms with Crippen molar-refractivity contribution in [2.45, 2.75) is 39.8 Å². The molecule has 4 aromatic rings. The number of nitrogens with zero attached hydrogens (tertiary/aromatic N) is 3. The summed E-state index contributed by atoms with van der Waals surface area (Å²) in [5, 5.41) is 0. The average Bonchev–Trinajstić information content (AvgIpc) is 3.39. The van der Waals surface area contributed by atoms with Gasteiger partial charge in [-0.05, 0) is 62.1 Å². The fourth-order valence-corrected chi connectivity index (χ4v) is 6.24. The van der Waals surface area contributed by atoms with Gasteiger partial charge in [0.05, 0.1) is 16.3 Å². The fraction of sp³-hybridized carbons (Fsp3) is 0.241. The molecule has 2 aromatic carbocycles. The Labute approximate surface area is 207 Å². The standard InChI is InChI=1S/C29H28N3O2S/c1-3-30-23-12-5-6-13-24(23)34-26(30)19-27-31(4-2)29(33)25(35-27)17-16-22-15-14-21-10-7-9-20-11-8-18-32(22)28(20)21/h5-7,9-10,12-17,19H,3-4,8,11,18H2,1-2H3/q+1/b22-16+,25-17-. The van der Waals surface area contributed by atoms with E-state index in [0.29, 0.717) is 6.54 Å². The van der Waals surface area contributed by atoms with E-state index in [1.165, 1.54) is 28.2 Å². The van der Waals surface area contributed by atoms with Crippen molar-refractivity contribution in [3.05, 3.63) is 96.9 Å². The number of allylic oxidation sites excluding steroid dienone is 2. The summed E-state index contributed by atoms with van der Waals surface area (Å²) in [5.74, 6) is 0.759. The lowest BCUT2D eigenvalue weighted by atomic mass is 9.94. The Morgan fingerprint density at radius 1 is 1.09 bits per heavy atom. The molecule has 0 bridgehead atoms. The Morgan fingerprint density at radius 2 is 1.97 bits per heavy atom. The highest BCUT2D eigenvalue weighted by molar-refractivity contribution is 7.07. The predicted octanol–water partition coefficient (Wildman–Crippen LogP) is 3.96. The molecule has 0 unspecified atom stereocenters. The first-order valence-electron chi connectivity index (χ1n) is 12.3. The summed E-state index contributed by atoms with van der Waals surface area (Å²) >= 11 is 1.51. The van der Waals surface area contributed by atoms with Crippen molar-refractivity contribution in [1.29, 1.82) is 0 Å². The van der Waals surface area contributed by atoms with Crippen LogP contribution in [0.3, 0.4) is 0 Å². The van der Waals surface area contributed by atoms with E-state index >= 15 is 0 Å². The minimum atomic E-state index is 0.0410. The highest BCUT2D eigenvalue weighted by atomic mass is 32.1. The maximum Gasteiger partial charge on any atom is 0.377 e. The van der Waals surface area contributed by atoms with E-state index in [4.69, 9.17) is 4.42 Å².